The Bertz CT molecular complexity index is 901. The lowest BCUT2D eigenvalue weighted by molar-refractivity contribution is 0.00206. The number of ether oxygens (including phenoxy) is 4. The van der Waals surface area contributed by atoms with Gasteiger partial charge < -0.3 is 23.8 Å². The molecule has 0 spiro atoms. The maximum absolute atomic E-state index is 5.73. The number of aromatic amines is 1. The van der Waals surface area contributed by atoms with Crippen molar-refractivity contribution in [3.63, 3.8) is 0 Å². The van der Waals surface area contributed by atoms with Gasteiger partial charge in [-0.05, 0) is 30.3 Å². The lowest BCUT2D eigenvalue weighted by Gasteiger charge is -2.25. The summed E-state index contributed by atoms with van der Waals surface area (Å²) in [6.45, 7) is 6.33. The molecule has 0 bridgehead atoms. The van der Waals surface area contributed by atoms with Gasteiger partial charge in [0.2, 0.25) is 0 Å². The number of hydrogen-bond donors (Lipinski definition) is 1. The maximum atomic E-state index is 5.73. The van der Waals surface area contributed by atoms with Crippen LogP contribution in [0.25, 0.3) is 22.6 Å². The molecule has 3 aromatic rings. The Hall–Kier alpha value is -2.78. The quantitative estimate of drug-likeness (QED) is 0.673. The van der Waals surface area contributed by atoms with Crippen LogP contribution in [0.2, 0.25) is 0 Å². The molecule has 0 saturated carbocycles. The molecule has 1 N–H and O–H groups in total. The SMILES string of the molecule is c1ccc(-c2cc(-c3ccc(N4CCOCCOCCOCCOCC4)cc3)n[nH]2)nc1. The van der Waals surface area contributed by atoms with Gasteiger partial charge in [-0.1, -0.05) is 18.2 Å². The summed E-state index contributed by atoms with van der Waals surface area (Å²) in [4.78, 5) is 6.65. The Morgan fingerprint density at radius 3 is 1.91 bits per heavy atom. The predicted molar refractivity (Wildman–Crippen MR) is 123 cm³/mol. The molecular formula is C24H30N4O4. The topological polar surface area (TPSA) is 81.7 Å². The number of H-pyrrole nitrogens is 1. The molecular weight excluding hydrogens is 408 g/mol. The first-order chi connectivity index (χ1) is 15.9. The molecule has 0 unspecified atom stereocenters. The van der Waals surface area contributed by atoms with Crippen LogP contribution in [0.1, 0.15) is 0 Å². The van der Waals surface area contributed by atoms with E-state index in [2.05, 4.69) is 44.3 Å². The molecule has 1 fully saturated rings. The molecule has 8 heteroatoms. The Morgan fingerprint density at radius 1 is 0.688 bits per heavy atom. The van der Waals surface area contributed by atoms with Gasteiger partial charge in [-0.3, -0.25) is 10.1 Å². The second kappa shape index (κ2) is 12.3. The summed E-state index contributed by atoms with van der Waals surface area (Å²) in [6.07, 6.45) is 1.78. The average molecular weight is 439 g/mol. The number of nitrogens with zero attached hydrogens (tertiary/aromatic N) is 3. The van der Waals surface area contributed by atoms with Crippen LogP contribution in [0.5, 0.6) is 0 Å². The van der Waals surface area contributed by atoms with Crippen molar-refractivity contribution in [1.29, 1.82) is 0 Å². The largest absolute Gasteiger partial charge is 0.377 e. The smallest absolute Gasteiger partial charge is 0.0927 e. The molecule has 170 valence electrons. The van der Waals surface area contributed by atoms with Gasteiger partial charge in [-0.15, -0.1) is 0 Å². The fourth-order valence-electron chi connectivity index (χ4n) is 3.45. The highest BCUT2D eigenvalue weighted by Gasteiger charge is 2.10. The van der Waals surface area contributed by atoms with E-state index in [1.54, 1.807) is 6.20 Å². The van der Waals surface area contributed by atoms with Crippen LogP contribution < -0.4 is 4.90 Å². The summed E-state index contributed by atoms with van der Waals surface area (Å²) in [5, 5.41) is 7.53. The molecule has 0 atom stereocenters. The Kier molecular flexibility index (Phi) is 8.62. The second-order valence-electron chi connectivity index (χ2n) is 7.37. The molecule has 1 aliphatic heterocycles. The maximum Gasteiger partial charge on any atom is 0.0927 e. The minimum absolute atomic E-state index is 0.582. The number of aromatic nitrogens is 3. The number of hydrogen-bond acceptors (Lipinski definition) is 7. The van der Waals surface area contributed by atoms with Gasteiger partial charge >= 0.3 is 0 Å². The van der Waals surface area contributed by atoms with Crippen LogP contribution >= 0.6 is 0 Å². The van der Waals surface area contributed by atoms with Crippen LogP contribution in [0, 0.1) is 0 Å². The summed E-state index contributed by atoms with van der Waals surface area (Å²) in [7, 11) is 0. The summed E-state index contributed by atoms with van der Waals surface area (Å²) in [5.41, 5.74) is 4.84. The van der Waals surface area contributed by atoms with E-state index in [1.807, 2.05) is 24.3 Å². The zero-order valence-electron chi connectivity index (χ0n) is 18.2. The third-order valence-corrected chi connectivity index (χ3v) is 5.17. The van der Waals surface area contributed by atoms with Gasteiger partial charge in [0.1, 0.15) is 0 Å². The van der Waals surface area contributed by atoms with Crippen molar-refractivity contribution < 1.29 is 18.9 Å². The first kappa shape index (κ1) is 22.4. The minimum Gasteiger partial charge on any atom is -0.377 e. The Labute approximate surface area is 188 Å². The van der Waals surface area contributed by atoms with E-state index >= 15 is 0 Å². The zero-order chi connectivity index (χ0) is 21.8. The van der Waals surface area contributed by atoms with Gasteiger partial charge in [-0.25, -0.2) is 0 Å². The summed E-state index contributed by atoms with van der Waals surface area (Å²) < 4.78 is 22.4. The molecule has 32 heavy (non-hydrogen) atoms. The number of pyridine rings is 1. The molecule has 0 amide bonds. The van der Waals surface area contributed by atoms with E-state index in [-0.39, 0.29) is 0 Å². The highest BCUT2D eigenvalue weighted by atomic mass is 16.6. The van der Waals surface area contributed by atoms with Crippen LogP contribution in [-0.2, 0) is 18.9 Å². The van der Waals surface area contributed by atoms with Crippen LogP contribution in [-0.4, -0.2) is 81.1 Å². The Balaban J connectivity index is 1.39. The third kappa shape index (κ3) is 6.61. The first-order valence-electron chi connectivity index (χ1n) is 11.0. The first-order valence-corrected chi connectivity index (χ1v) is 11.0. The van der Waals surface area contributed by atoms with Crippen LogP contribution in [0.3, 0.4) is 0 Å². The average Bonchev–Trinajstić information content (AvgIpc) is 3.33. The molecule has 3 heterocycles. The van der Waals surface area contributed by atoms with Crippen molar-refractivity contribution in [3.8, 4) is 22.6 Å². The minimum atomic E-state index is 0.582. The fraction of sp³-hybridized carbons (Fsp3) is 0.417. The molecule has 4 rings (SSSR count). The van der Waals surface area contributed by atoms with Gasteiger partial charge in [0, 0.05) is 30.5 Å². The molecule has 2 aromatic heterocycles. The highest BCUT2D eigenvalue weighted by molar-refractivity contribution is 5.68. The number of benzene rings is 1. The Morgan fingerprint density at radius 2 is 1.31 bits per heavy atom. The number of anilines is 1. The predicted octanol–water partition coefficient (Wildman–Crippen LogP) is 3.03. The summed E-state index contributed by atoms with van der Waals surface area (Å²) >= 11 is 0. The van der Waals surface area contributed by atoms with E-state index in [0.717, 1.165) is 41.4 Å². The van der Waals surface area contributed by atoms with Crippen LogP contribution in [0.15, 0.2) is 54.7 Å². The molecule has 0 aliphatic carbocycles. The molecule has 1 saturated heterocycles. The molecule has 1 aromatic carbocycles. The number of nitrogens with one attached hydrogen (secondary N) is 1. The molecule has 1 aliphatic rings. The molecule has 0 radical (unpaired) electrons. The normalized spacial score (nSPS) is 17.4. The fourth-order valence-corrected chi connectivity index (χ4v) is 3.45. The molecule has 8 nitrogen and oxygen atoms in total. The van der Waals surface area contributed by atoms with E-state index in [0.29, 0.717) is 52.9 Å². The van der Waals surface area contributed by atoms with Crippen molar-refractivity contribution in [2.24, 2.45) is 0 Å². The van der Waals surface area contributed by atoms with Crippen molar-refractivity contribution >= 4 is 5.69 Å². The summed E-state index contributed by atoms with van der Waals surface area (Å²) in [5.74, 6) is 0. The van der Waals surface area contributed by atoms with Crippen LogP contribution in [0.4, 0.5) is 5.69 Å². The lowest BCUT2D eigenvalue weighted by atomic mass is 10.1. The summed E-state index contributed by atoms with van der Waals surface area (Å²) in [6, 6.07) is 16.3. The van der Waals surface area contributed by atoms with E-state index in [1.165, 1.54) is 0 Å². The van der Waals surface area contributed by atoms with Crippen molar-refractivity contribution in [2.45, 2.75) is 0 Å². The lowest BCUT2D eigenvalue weighted by Crippen LogP contribution is -2.31. The van der Waals surface area contributed by atoms with E-state index in [9.17, 15) is 0 Å². The van der Waals surface area contributed by atoms with Gasteiger partial charge in [0.25, 0.3) is 0 Å². The van der Waals surface area contributed by atoms with E-state index in [4.69, 9.17) is 18.9 Å². The second-order valence-corrected chi connectivity index (χ2v) is 7.37. The number of rotatable bonds is 3. The van der Waals surface area contributed by atoms with Crippen molar-refractivity contribution in [3.05, 3.63) is 54.7 Å². The van der Waals surface area contributed by atoms with E-state index < -0.39 is 0 Å². The highest BCUT2D eigenvalue weighted by Crippen LogP contribution is 2.25. The van der Waals surface area contributed by atoms with Gasteiger partial charge in [-0.2, -0.15) is 5.10 Å². The third-order valence-electron chi connectivity index (χ3n) is 5.17. The van der Waals surface area contributed by atoms with Gasteiger partial charge in [0.05, 0.1) is 69.9 Å². The standard InChI is InChI=1S/C24H30N4O4/c1-2-8-25-22(3-1)24-19-23(26-27-24)20-4-6-21(7-5-20)28-9-11-29-13-15-31-17-18-32-16-14-30-12-10-28/h1-8,19H,9-18H2,(H,26,27). The van der Waals surface area contributed by atoms with Crippen molar-refractivity contribution in [2.75, 3.05) is 70.8 Å². The van der Waals surface area contributed by atoms with Gasteiger partial charge in [0.15, 0.2) is 0 Å². The monoisotopic (exact) mass is 438 g/mol. The zero-order valence-corrected chi connectivity index (χ0v) is 18.2. The van der Waals surface area contributed by atoms with Crippen molar-refractivity contribution in [1.82, 2.24) is 15.2 Å².